The molecule has 1 unspecified atom stereocenters. The number of hydrogen-bond acceptors (Lipinski definition) is 5. The highest BCUT2D eigenvalue weighted by atomic mass is 35.5. The van der Waals surface area contributed by atoms with E-state index in [1.54, 1.807) is 54.6 Å². The van der Waals surface area contributed by atoms with E-state index in [4.69, 9.17) is 27.9 Å². The maximum absolute atomic E-state index is 14.7. The zero-order valence-corrected chi connectivity index (χ0v) is 29.4. The monoisotopic (exact) mass is 695 g/mol. The van der Waals surface area contributed by atoms with E-state index in [1.807, 2.05) is 58.0 Å². The number of nitrogens with one attached hydrogen (secondary N) is 1. The smallest absolute Gasteiger partial charge is 0.264 e. The second kappa shape index (κ2) is 15.2. The molecule has 0 saturated carbocycles. The number of rotatable bonds is 12. The summed E-state index contributed by atoms with van der Waals surface area (Å²) in [4.78, 5) is 30.1. The molecule has 4 rings (SSSR count). The van der Waals surface area contributed by atoms with E-state index >= 15 is 0 Å². The van der Waals surface area contributed by atoms with Gasteiger partial charge in [-0.15, -0.1) is 0 Å². The third kappa shape index (κ3) is 9.28. The third-order valence-corrected chi connectivity index (χ3v) is 9.86. The van der Waals surface area contributed by atoms with Gasteiger partial charge in [0.25, 0.3) is 10.0 Å². The molecule has 2 amide bonds. The van der Waals surface area contributed by atoms with Crippen LogP contribution in [0, 0.1) is 6.92 Å². The molecule has 4 aromatic rings. The van der Waals surface area contributed by atoms with Crippen LogP contribution < -0.4 is 14.4 Å². The number of sulfonamides is 1. The minimum absolute atomic E-state index is 0.00384. The molecule has 0 radical (unpaired) electrons. The highest BCUT2D eigenvalue weighted by molar-refractivity contribution is 7.92. The van der Waals surface area contributed by atoms with Gasteiger partial charge < -0.3 is 15.0 Å². The van der Waals surface area contributed by atoms with Crippen molar-refractivity contribution in [3.63, 3.8) is 0 Å². The van der Waals surface area contributed by atoms with Crippen molar-refractivity contribution in [3.8, 4) is 5.75 Å². The van der Waals surface area contributed by atoms with Gasteiger partial charge in [-0.05, 0) is 75.2 Å². The number of anilines is 1. The summed E-state index contributed by atoms with van der Waals surface area (Å²) >= 11 is 12.6. The first-order chi connectivity index (χ1) is 22.2. The number of nitrogens with zero attached hydrogens (tertiary/aromatic N) is 2. The topological polar surface area (TPSA) is 96.0 Å². The number of halogens is 2. The van der Waals surface area contributed by atoms with Gasteiger partial charge in [0.1, 0.15) is 18.3 Å². The average Bonchev–Trinajstić information content (AvgIpc) is 3.03. The maximum atomic E-state index is 14.7. The number of carbonyl (C=O) groups is 2. The molecule has 0 spiro atoms. The van der Waals surface area contributed by atoms with Crippen molar-refractivity contribution in [1.82, 2.24) is 10.2 Å². The quantitative estimate of drug-likeness (QED) is 0.171. The highest BCUT2D eigenvalue weighted by Gasteiger charge is 2.36. The van der Waals surface area contributed by atoms with E-state index in [1.165, 1.54) is 24.1 Å². The molecule has 8 nitrogen and oxygen atoms in total. The molecule has 248 valence electrons. The molecule has 0 aromatic heterocycles. The molecule has 0 bridgehead atoms. The fraction of sp³-hybridized carbons (Fsp3) is 0.278. The Kier molecular flexibility index (Phi) is 11.6. The number of para-hydroxylation sites is 2. The Hall–Kier alpha value is -4.05. The van der Waals surface area contributed by atoms with Gasteiger partial charge in [0.2, 0.25) is 11.8 Å². The lowest BCUT2D eigenvalue weighted by Gasteiger charge is -2.35. The molecule has 0 aliphatic carbocycles. The van der Waals surface area contributed by atoms with E-state index in [-0.39, 0.29) is 40.2 Å². The van der Waals surface area contributed by atoms with E-state index < -0.39 is 34.1 Å². The largest absolute Gasteiger partial charge is 0.495 e. The zero-order valence-electron chi connectivity index (χ0n) is 27.0. The molecular weight excluding hydrogens is 657 g/mol. The van der Waals surface area contributed by atoms with Crippen LogP contribution in [-0.4, -0.2) is 50.4 Å². The fourth-order valence-corrected chi connectivity index (χ4v) is 6.77. The summed E-state index contributed by atoms with van der Waals surface area (Å²) in [5.74, 6) is -0.735. The van der Waals surface area contributed by atoms with Crippen molar-refractivity contribution in [2.24, 2.45) is 0 Å². The molecule has 0 aliphatic heterocycles. The standard InChI is InChI=1S/C36H39Cl2N3O5S/c1-25-15-18-28(19-16-25)47(44,45)41(31-13-9-10-14-33(31)46-5)24-34(42)40(23-27-17-20-29(37)30(38)21-27)32(35(43)39-36(2,3)4)22-26-11-7-6-8-12-26/h6-21,32H,22-24H2,1-5H3,(H,39,43). The Morgan fingerprint density at radius 3 is 2.11 bits per heavy atom. The Labute approximate surface area is 287 Å². The van der Waals surface area contributed by atoms with Gasteiger partial charge in [-0.2, -0.15) is 0 Å². The second-order valence-electron chi connectivity index (χ2n) is 12.2. The predicted octanol–water partition coefficient (Wildman–Crippen LogP) is 7.06. The minimum Gasteiger partial charge on any atom is -0.495 e. The Morgan fingerprint density at radius 1 is 0.851 bits per heavy atom. The molecule has 1 N–H and O–H groups in total. The third-order valence-electron chi connectivity index (χ3n) is 7.35. The number of amides is 2. The minimum atomic E-state index is -4.28. The van der Waals surface area contributed by atoms with Gasteiger partial charge in [-0.1, -0.05) is 89.4 Å². The molecule has 47 heavy (non-hydrogen) atoms. The van der Waals surface area contributed by atoms with E-state index in [2.05, 4.69) is 5.32 Å². The molecule has 1 atom stereocenters. The van der Waals surface area contributed by atoms with E-state index in [0.29, 0.717) is 10.6 Å². The number of carbonyl (C=O) groups excluding carboxylic acids is 2. The molecule has 0 fully saturated rings. The maximum Gasteiger partial charge on any atom is 0.264 e. The van der Waals surface area contributed by atoms with Crippen LogP contribution in [0.4, 0.5) is 5.69 Å². The lowest BCUT2D eigenvalue weighted by Crippen LogP contribution is -2.56. The van der Waals surface area contributed by atoms with Crippen LogP contribution in [0.25, 0.3) is 0 Å². The molecule has 4 aromatic carbocycles. The normalized spacial score (nSPS) is 12.2. The predicted molar refractivity (Wildman–Crippen MR) is 188 cm³/mol. The van der Waals surface area contributed by atoms with Gasteiger partial charge >= 0.3 is 0 Å². The van der Waals surface area contributed by atoms with E-state index in [0.717, 1.165) is 15.4 Å². The van der Waals surface area contributed by atoms with Crippen LogP contribution in [0.15, 0.2) is 102 Å². The Bertz CT molecular complexity index is 1810. The summed E-state index contributed by atoms with van der Waals surface area (Å²) < 4.78 is 35.1. The van der Waals surface area contributed by atoms with Gasteiger partial charge in [0.15, 0.2) is 0 Å². The number of ether oxygens (including phenoxy) is 1. The number of methoxy groups -OCH3 is 1. The number of aryl methyl sites for hydroxylation is 1. The SMILES string of the molecule is COc1ccccc1N(CC(=O)N(Cc1ccc(Cl)c(Cl)c1)C(Cc1ccccc1)C(=O)NC(C)(C)C)S(=O)(=O)c1ccc(C)cc1. The molecule has 0 heterocycles. The van der Waals surface area contributed by atoms with Crippen molar-refractivity contribution in [2.45, 2.75) is 57.1 Å². The van der Waals surface area contributed by atoms with Gasteiger partial charge in [0, 0.05) is 18.5 Å². The average molecular weight is 697 g/mol. The van der Waals surface area contributed by atoms with Crippen molar-refractivity contribution >= 4 is 50.7 Å². The summed E-state index contributed by atoms with van der Waals surface area (Å²) in [6.45, 7) is 6.75. The molecule has 0 aliphatic rings. The first-order valence-corrected chi connectivity index (χ1v) is 17.2. The van der Waals surface area contributed by atoms with Gasteiger partial charge in [-0.3, -0.25) is 13.9 Å². The van der Waals surface area contributed by atoms with Crippen molar-refractivity contribution < 1.29 is 22.7 Å². The van der Waals surface area contributed by atoms with Crippen molar-refractivity contribution in [3.05, 3.63) is 124 Å². The first-order valence-electron chi connectivity index (χ1n) is 15.0. The molecule has 0 saturated heterocycles. The summed E-state index contributed by atoms with van der Waals surface area (Å²) in [5, 5.41) is 3.64. The first kappa shape index (κ1) is 35.8. The Balaban J connectivity index is 1.86. The summed E-state index contributed by atoms with van der Waals surface area (Å²) in [6, 6.07) is 26.3. The number of benzene rings is 4. The lowest BCUT2D eigenvalue weighted by molar-refractivity contribution is -0.140. The summed E-state index contributed by atoms with van der Waals surface area (Å²) in [5.41, 5.74) is 1.88. The van der Waals surface area contributed by atoms with Crippen LogP contribution in [0.2, 0.25) is 10.0 Å². The summed E-state index contributed by atoms with van der Waals surface area (Å²) in [6.07, 6.45) is 0.176. The highest BCUT2D eigenvalue weighted by Crippen LogP contribution is 2.33. The number of hydrogen-bond donors (Lipinski definition) is 1. The van der Waals surface area contributed by atoms with Crippen molar-refractivity contribution in [1.29, 1.82) is 0 Å². The fourth-order valence-electron chi connectivity index (χ4n) is 5.03. The van der Waals surface area contributed by atoms with E-state index in [9.17, 15) is 18.0 Å². The van der Waals surface area contributed by atoms with Gasteiger partial charge in [0.05, 0.1) is 27.7 Å². The lowest BCUT2D eigenvalue weighted by atomic mass is 10.0. The molecular formula is C36H39Cl2N3O5S. The second-order valence-corrected chi connectivity index (χ2v) is 14.9. The van der Waals surface area contributed by atoms with Crippen LogP contribution in [-0.2, 0) is 32.6 Å². The van der Waals surface area contributed by atoms with Crippen LogP contribution in [0.5, 0.6) is 5.75 Å². The molecule has 11 heteroatoms. The zero-order chi connectivity index (χ0) is 34.4. The van der Waals surface area contributed by atoms with Crippen LogP contribution in [0.1, 0.15) is 37.5 Å². The van der Waals surface area contributed by atoms with Gasteiger partial charge in [-0.25, -0.2) is 8.42 Å². The van der Waals surface area contributed by atoms with Crippen molar-refractivity contribution in [2.75, 3.05) is 18.0 Å². The summed E-state index contributed by atoms with van der Waals surface area (Å²) in [7, 11) is -2.85. The van der Waals surface area contributed by atoms with Crippen LogP contribution >= 0.6 is 23.2 Å². The Morgan fingerprint density at radius 2 is 1.49 bits per heavy atom. The van der Waals surface area contributed by atoms with Crippen LogP contribution in [0.3, 0.4) is 0 Å².